The van der Waals surface area contributed by atoms with Crippen molar-refractivity contribution in [2.45, 2.75) is 26.4 Å². The summed E-state index contributed by atoms with van der Waals surface area (Å²) in [7, 11) is 1.54. The average Bonchev–Trinajstić information content (AvgIpc) is 2.86. The Balaban J connectivity index is 1.84. The van der Waals surface area contributed by atoms with Crippen molar-refractivity contribution in [1.29, 1.82) is 5.26 Å². The van der Waals surface area contributed by atoms with Crippen LogP contribution < -0.4 is 21.1 Å². The van der Waals surface area contributed by atoms with Crippen molar-refractivity contribution in [3.8, 4) is 11.8 Å². The summed E-state index contributed by atoms with van der Waals surface area (Å²) >= 11 is 6.44. The number of nitrogens with two attached hydrogens (primary N) is 2. The molecule has 3 aromatic rings. The molecule has 188 valence electrons. The molecule has 0 unspecified atom stereocenters. The number of likely N-dealkylation sites (N-methyl/N-ethyl adjacent to an activating group) is 1. The number of urea groups is 1. The number of hydrogen-bond acceptors (Lipinski definition) is 6. The number of hydrogen-bond donors (Lipinski definition) is 2. The maximum Gasteiger partial charge on any atom is 0.315 e. The van der Waals surface area contributed by atoms with Gasteiger partial charge in [-0.2, -0.15) is 5.26 Å². The summed E-state index contributed by atoms with van der Waals surface area (Å²) in [5, 5.41) is 11.2. The molecular weight excluding hydrogens is 480 g/mol. The Morgan fingerprint density at radius 1 is 1.17 bits per heavy atom. The number of amides is 3. The van der Waals surface area contributed by atoms with Gasteiger partial charge in [-0.15, -0.1) is 0 Å². The molecule has 9 nitrogen and oxygen atoms in total. The molecule has 0 bridgehead atoms. The summed E-state index contributed by atoms with van der Waals surface area (Å²) in [4.78, 5) is 31.9. The Morgan fingerprint density at radius 2 is 1.94 bits per heavy atom. The van der Waals surface area contributed by atoms with E-state index in [0.717, 1.165) is 11.1 Å². The average molecular weight is 509 g/mol. The third kappa shape index (κ3) is 6.22. The maximum atomic E-state index is 13.0. The Labute approximate surface area is 215 Å². The first kappa shape index (κ1) is 26.7. The Hall–Kier alpha value is -3.87. The summed E-state index contributed by atoms with van der Waals surface area (Å²) in [6.45, 7) is 2.47. The first-order chi connectivity index (χ1) is 17.3. The number of carbonyl (C=O) groups excluding carboxylic acids is 2. The number of nitrogens with zero attached hydrogens (tertiary/aromatic N) is 4. The highest BCUT2D eigenvalue weighted by Gasteiger charge is 2.23. The van der Waals surface area contributed by atoms with E-state index in [0.29, 0.717) is 53.5 Å². The summed E-state index contributed by atoms with van der Waals surface area (Å²) < 4.78 is 6.05. The predicted molar refractivity (Wildman–Crippen MR) is 140 cm³/mol. The van der Waals surface area contributed by atoms with Crippen molar-refractivity contribution < 1.29 is 14.3 Å². The maximum absolute atomic E-state index is 13.0. The number of aromatic nitrogens is 1. The zero-order valence-corrected chi connectivity index (χ0v) is 21.1. The quantitative estimate of drug-likeness (QED) is 0.400. The van der Waals surface area contributed by atoms with Crippen molar-refractivity contribution >= 4 is 40.1 Å². The standard InChI is InChI=1S/C26H29ClN6O3/c1-17-8-9-18-6-5-7-23(25(18)31-17)36-16-20-19(14-29)22(11-10-21(20)27)32(2)24(34)15-33(26(30)35)13-4-3-12-28/h5-11H,3-4,12-13,15-16,28H2,1-2H3,(H2,30,35). The van der Waals surface area contributed by atoms with Crippen LogP contribution in [0.4, 0.5) is 10.5 Å². The molecule has 0 saturated heterocycles. The number of ether oxygens (including phenoxy) is 1. The number of pyridine rings is 1. The van der Waals surface area contributed by atoms with Crippen LogP contribution in [-0.2, 0) is 11.4 Å². The van der Waals surface area contributed by atoms with Gasteiger partial charge in [-0.05, 0) is 50.6 Å². The predicted octanol–water partition coefficient (Wildman–Crippen LogP) is 3.73. The lowest BCUT2D eigenvalue weighted by Gasteiger charge is -2.25. The summed E-state index contributed by atoms with van der Waals surface area (Å²) in [6.07, 6.45) is 1.34. The number of halogens is 1. The molecular formula is C26H29ClN6O3. The second-order valence-corrected chi connectivity index (χ2v) is 8.72. The Kier molecular flexibility index (Phi) is 9.06. The first-order valence-electron chi connectivity index (χ1n) is 11.5. The van der Waals surface area contributed by atoms with Crippen LogP contribution >= 0.6 is 11.6 Å². The number of para-hydroxylation sites is 1. The fourth-order valence-electron chi connectivity index (χ4n) is 3.76. The van der Waals surface area contributed by atoms with E-state index in [1.807, 2.05) is 31.2 Å². The van der Waals surface area contributed by atoms with E-state index in [1.54, 1.807) is 18.2 Å². The molecule has 0 aliphatic rings. The van der Waals surface area contributed by atoms with Gasteiger partial charge in [0, 0.05) is 35.3 Å². The van der Waals surface area contributed by atoms with Gasteiger partial charge in [0.2, 0.25) is 5.91 Å². The molecule has 0 aliphatic heterocycles. The summed E-state index contributed by atoms with van der Waals surface area (Å²) in [5.41, 5.74) is 13.5. The largest absolute Gasteiger partial charge is 0.487 e. The molecule has 0 fully saturated rings. The van der Waals surface area contributed by atoms with E-state index < -0.39 is 11.9 Å². The second-order valence-electron chi connectivity index (χ2n) is 8.31. The van der Waals surface area contributed by atoms with Gasteiger partial charge >= 0.3 is 6.03 Å². The molecule has 36 heavy (non-hydrogen) atoms. The normalized spacial score (nSPS) is 10.6. The van der Waals surface area contributed by atoms with Gasteiger partial charge in [0.25, 0.3) is 0 Å². The minimum atomic E-state index is -0.696. The smallest absolute Gasteiger partial charge is 0.315 e. The molecule has 10 heteroatoms. The molecule has 0 atom stereocenters. The number of benzene rings is 2. The van der Waals surface area contributed by atoms with Crippen LogP contribution in [0.3, 0.4) is 0 Å². The highest BCUT2D eigenvalue weighted by atomic mass is 35.5. The molecule has 1 aromatic heterocycles. The Morgan fingerprint density at radius 3 is 2.64 bits per heavy atom. The van der Waals surface area contributed by atoms with Crippen LogP contribution in [-0.4, -0.2) is 48.5 Å². The highest BCUT2D eigenvalue weighted by molar-refractivity contribution is 6.31. The van der Waals surface area contributed by atoms with E-state index in [4.69, 9.17) is 27.8 Å². The fraction of sp³-hybridized carbons (Fsp3) is 0.308. The van der Waals surface area contributed by atoms with Crippen molar-refractivity contribution in [3.05, 3.63) is 64.3 Å². The zero-order chi connectivity index (χ0) is 26.2. The van der Waals surface area contributed by atoms with Gasteiger partial charge in [-0.25, -0.2) is 9.78 Å². The van der Waals surface area contributed by atoms with Gasteiger partial charge in [0.15, 0.2) is 0 Å². The van der Waals surface area contributed by atoms with Crippen molar-refractivity contribution in [2.75, 3.05) is 31.6 Å². The molecule has 4 N–H and O–H groups in total. The number of unbranched alkanes of at least 4 members (excludes halogenated alkanes) is 1. The van der Waals surface area contributed by atoms with Gasteiger partial charge in [-0.1, -0.05) is 29.8 Å². The lowest BCUT2D eigenvalue weighted by Crippen LogP contribution is -2.44. The zero-order valence-electron chi connectivity index (χ0n) is 20.3. The van der Waals surface area contributed by atoms with Crippen LogP contribution in [0.2, 0.25) is 5.02 Å². The summed E-state index contributed by atoms with van der Waals surface area (Å²) in [5.74, 6) is 0.154. The number of primary amides is 1. The third-order valence-electron chi connectivity index (χ3n) is 5.80. The second kappa shape index (κ2) is 12.2. The van der Waals surface area contributed by atoms with E-state index in [9.17, 15) is 14.9 Å². The van der Waals surface area contributed by atoms with Gasteiger partial charge in [0.05, 0.1) is 11.3 Å². The Bertz CT molecular complexity index is 1310. The van der Waals surface area contributed by atoms with E-state index in [2.05, 4.69) is 11.1 Å². The lowest BCUT2D eigenvalue weighted by molar-refractivity contribution is -0.118. The van der Waals surface area contributed by atoms with Crippen molar-refractivity contribution in [2.24, 2.45) is 11.5 Å². The number of fused-ring (bicyclic) bond motifs is 1. The van der Waals surface area contributed by atoms with Crippen LogP contribution in [0.1, 0.15) is 29.7 Å². The minimum Gasteiger partial charge on any atom is -0.487 e. The first-order valence-corrected chi connectivity index (χ1v) is 11.9. The van der Waals surface area contributed by atoms with Gasteiger partial charge < -0.3 is 26.0 Å². The van der Waals surface area contributed by atoms with Crippen LogP contribution in [0.15, 0.2) is 42.5 Å². The molecule has 3 rings (SSSR count). The van der Waals surface area contributed by atoms with E-state index in [-0.39, 0.29) is 18.7 Å². The van der Waals surface area contributed by atoms with Crippen molar-refractivity contribution in [1.82, 2.24) is 9.88 Å². The fourth-order valence-corrected chi connectivity index (χ4v) is 3.97. The highest BCUT2D eigenvalue weighted by Crippen LogP contribution is 2.31. The van der Waals surface area contributed by atoms with Crippen molar-refractivity contribution in [3.63, 3.8) is 0 Å². The van der Waals surface area contributed by atoms with E-state index >= 15 is 0 Å². The molecule has 2 aromatic carbocycles. The third-order valence-corrected chi connectivity index (χ3v) is 6.15. The molecule has 0 radical (unpaired) electrons. The number of anilines is 1. The number of nitriles is 1. The van der Waals surface area contributed by atoms with Crippen LogP contribution in [0.5, 0.6) is 5.75 Å². The molecule has 3 amide bonds. The number of aryl methyl sites for hydroxylation is 1. The van der Waals surface area contributed by atoms with Crippen LogP contribution in [0.25, 0.3) is 10.9 Å². The molecule has 1 heterocycles. The number of carbonyl (C=O) groups is 2. The monoisotopic (exact) mass is 508 g/mol. The van der Waals surface area contributed by atoms with Crippen LogP contribution in [0, 0.1) is 18.3 Å². The SMILES string of the molecule is Cc1ccc2cccc(OCc3c(Cl)ccc(N(C)C(=O)CN(CCCCN)C(N)=O)c3C#N)c2n1. The minimum absolute atomic E-state index is 0.00116. The topological polar surface area (TPSA) is 139 Å². The summed E-state index contributed by atoms with van der Waals surface area (Å²) in [6, 6.07) is 14.1. The number of rotatable bonds is 10. The molecule has 0 saturated carbocycles. The molecule has 0 spiro atoms. The van der Waals surface area contributed by atoms with Gasteiger partial charge in [0.1, 0.15) is 30.5 Å². The lowest BCUT2D eigenvalue weighted by atomic mass is 10.1. The molecule has 0 aliphatic carbocycles. The van der Waals surface area contributed by atoms with E-state index in [1.165, 1.54) is 16.8 Å². The van der Waals surface area contributed by atoms with Gasteiger partial charge in [-0.3, -0.25) is 4.79 Å².